The standard InChI is InChI=1S/C25H27ClFN7O2/c1-4-15(2)23(28)24-30-21(17-5-6-20(27)19(26)12-17)13-22(31-24)32-7-9-33(10-8-32)25-16(3)11-18(14-29-25)34(35)36/h5-6,11-15,28H,4,7-10H2,1-3H3. The van der Waals surface area contributed by atoms with Crippen LogP contribution in [-0.2, 0) is 0 Å². The monoisotopic (exact) mass is 511 g/mol. The number of pyridine rings is 1. The Labute approximate surface area is 213 Å². The lowest BCUT2D eigenvalue weighted by atomic mass is 10.0. The Hall–Kier alpha value is -3.66. The average Bonchev–Trinajstić information content (AvgIpc) is 2.89. The summed E-state index contributed by atoms with van der Waals surface area (Å²) in [5.41, 5.74) is 2.28. The highest BCUT2D eigenvalue weighted by atomic mass is 35.5. The van der Waals surface area contributed by atoms with Crippen LogP contribution in [0, 0.1) is 34.2 Å². The van der Waals surface area contributed by atoms with Gasteiger partial charge in [-0.15, -0.1) is 0 Å². The Balaban J connectivity index is 1.62. The molecule has 0 bridgehead atoms. The molecule has 0 saturated carbocycles. The first kappa shape index (κ1) is 25.4. The molecule has 1 aliphatic rings. The van der Waals surface area contributed by atoms with Crippen LogP contribution in [0.2, 0.25) is 5.02 Å². The van der Waals surface area contributed by atoms with Crippen molar-refractivity contribution in [2.75, 3.05) is 36.0 Å². The normalized spacial score (nSPS) is 14.6. The molecule has 3 heterocycles. The highest BCUT2D eigenvalue weighted by Crippen LogP contribution is 2.28. The molecule has 1 fully saturated rings. The van der Waals surface area contributed by atoms with Crippen LogP contribution in [-0.4, -0.2) is 51.8 Å². The molecular formula is C25H27ClFN7O2. The lowest BCUT2D eigenvalue weighted by molar-refractivity contribution is -0.385. The summed E-state index contributed by atoms with van der Waals surface area (Å²) in [5, 5.41) is 19.6. The van der Waals surface area contributed by atoms with Crippen molar-refractivity contribution < 1.29 is 9.31 Å². The minimum atomic E-state index is -0.506. The van der Waals surface area contributed by atoms with E-state index in [1.165, 1.54) is 24.4 Å². The number of aromatic nitrogens is 3. The van der Waals surface area contributed by atoms with Crippen LogP contribution < -0.4 is 9.80 Å². The summed E-state index contributed by atoms with van der Waals surface area (Å²) in [6.45, 7) is 8.35. The quantitative estimate of drug-likeness (QED) is 0.260. The molecule has 2 aromatic heterocycles. The molecule has 0 aliphatic carbocycles. The zero-order valence-corrected chi connectivity index (χ0v) is 21.1. The second kappa shape index (κ2) is 10.5. The fourth-order valence-electron chi connectivity index (χ4n) is 4.08. The highest BCUT2D eigenvalue weighted by Gasteiger charge is 2.24. The van der Waals surface area contributed by atoms with Gasteiger partial charge in [-0.3, -0.25) is 10.1 Å². The van der Waals surface area contributed by atoms with E-state index in [9.17, 15) is 14.5 Å². The van der Waals surface area contributed by atoms with Gasteiger partial charge in [0.2, 0.25) is 0 Å². The molecule has 3 aromatic rings. The molecule has 11 heteroatoms. The predicted molar refractivity (Wildman–Crippen MR) is 139 cm³/mol. The molecule has 0 spiro atoms. The van der Waals surface area contributed by atoms with E-state index in [0.29, 0.717) is 54.8 Å². The number of nitro groups is 1. The first-order valence-electron chi connectivity index (χ1n) is 11.7. The summed E-state index contributed by atoms with van der Waals surface area (Å²) in [5.74, 6) is 1.22. The summed E-state index contributed by atoms with van der Waals surface area (Å²) in [6.07, 6.45) is 2.07. The van der Waals surface area contributed by atoms with Gasteiger partial charge in [0.25, 0.3) is 5.69 Å². The van der Waals surface area contributed by atoms with Crippen molar-refractivity contribution in [1.82, 2.24) is 15.0 Å². The van der Waals surface area contributed by atoms with Crippen molar-refractivity contribution in [1.29, 1.82) is 5.41 Å². The van der Waals surface area contributed by atoms with Crippen LogP contribution in [0.4, 0.5) is 21.7 Å². The number of hydrogen-bond donors (Lipinski definition) is 1. The van der Waals surface area contributed by atoms with E-state index < -0.39 is 10.7 Å². The average molecular weight is 512 g/mol. The largest absolute Gasteiger partial charge is 0.353 e. The van der Waals surface area contributed by atoms with Gasteiger partial charge >= 0.3 is 0 Å². The number of nitrogens with zero attached hydrogens (tertiary/aromatic N) is 6. The maximum atomic E-state index is 13.8. The van der Waals surface area contributed by atoms with Gasteiger partial charge in [-0.25, -0.2) is 19.3 Å². The maximum Gasteiger partial charge on any atom is 0.287 e. The summed E-state index contributed by atoms with van der Waals surface area (Å²) in [6, 6.07) is 7.82. The predicted octanol–water partition coefficient (Wildman–Crippen LogP) is 5.29. The highest BCUT2D eigenvalue weighted by molar-refractivity contribution is 6.31. The van der Waals surface area contributed by atoms with Gasteiger partial charge in [-0.1, -0.05) is 25.4 Å². The summed E-state index contributed by atoms with van der Waals surface area (Å²) < 4.78 is 13.8. The van der Waals surface area contributed by atoms with Crippen molar-refractivity contribution in [3.05, 3.63) is 68.9 Å². The Bertz CT molecular complexity index is 1310. The van der Waals surface area contributed by atoms with Gasteiger partial charge in [0, 0.05) is 49.8 Å². The second-order valence-electron chi connectivity index (χ2n) is 8.85. The molecule has 1 saturated heterocycles. The molecule has 1 aromatic carbocycles. The van der Waals surface area contributed by atoms with E-state index in [2.05, 4.69) is 19.8 Å². The van der Waals surface area contributed by atoms with Crippen LogP contribution >= 0.6 is 11.6 Å². The number of piperazine rings is 1. The summed E-state index contributed by atoms with van der Waals surface area (Å²) in [7, 11) is 0. The third-order valence-electron chi connectivity index (χ3n) is 6.42. The first-order valence-corrected chi connectivity index (χ1v) is 12.1. The summed E-state index contributed by atoms with van der Waals surface area (Å²) in [4.78, 5) is 28.4. The number of aryl methyl sites for hydroxylation is 1. The van der Waals surface area contributed by atoms with Gasteiger partial charge in [0.15, 0.2) is 5.82 Å². The molecule has 9 nitrogen and oxygen atoms in total. The van der Waals surface area contributed by atoms with Crippen LogP contribution in [0.5, 0.6) is 0 Å². The van der Waals surface area contributed by atoms with E-state index >= 15 is 0 Å². The minimum Gasteiger partial charge on any atom is -0.353 e. The fourth-order valence-corrected chi connectivity index (χ4v) is 4.26. The number of benzene rings is 1. The lowest BCUT2D eigenvalue weighted by Crippen LogP contribution is -2.47. The number of nitrogens with one attached hydrogen (secondary N) is 1. The molecule has 1 atom stereocenters. The van der Waals surface area contributed by atoms with E-state index in [-0.39, 0.29) is 16.6 Å². The zero-order chi connectivity index (χ0) is 26.0. The third-order valence-corrected chi connectivity index (χ3v) is 6.71. The topological polar surface area (TPSA) is 112 Å². The van der Waals surface area contributed by atoms with E-state index in [1.807, 2.05) is 26.8 Å². The van der Waals surface area contributed by atoms with Gasteiger partial charge in [0.05, 0.1) is 21.4 Å². The van der Waals surface area contributed by atoms with Crippen LogP contribution in [0.25, 0.3) is 11.3 Å². The van der Waals surface area contributed by atoms with E-state index in [1.54, 1.807) is 6.07 Å². The Kier molecular flexibility index (Phi) is 7.44. The van der Waals surface area contributed by atoms with E-state index in [4.69, 9.17) is 22.0 Å². The Morgan fingerprint density at radius 3 is 2.50 bits per heavy atom. The smallest absolute Gasteiger partial charge is 0.287 e. The molecule has 36 heavy (non-hydrogen) atoms. The molecule has 4 rings (SSSR count). The van der Waals surface area contributed by atoms with E-state index in [0.717, 1.165) is 17.8 Å². The number of hydrogen-bond acceptors (Lipinski definition) is 8. The summed E-state index contributed by atoms with van der Waals surface area (Å²) >= 11 is 6.02. The Morgan fingerprint density at radius 2 is 1.89 bits per heavy atom. The maximum absolute atomic E-state index is 13.8. The molecule has 188 valence electrons. The van der Waals surface area contributed by atoms with Gasteiger partial charge in [0.1, 0.15) is 23.6 Å². The second-order valence-corrected chi connectivity index (χ2v) is 9.26. The fraction of sp³-hybridized carbons (Fsp3) is 0.360. The van der Waals surface area contributed by atoms with Crippen molar-refractivity contribution in [3.63, 3.8) is 0 Å². The third kappa shape index (κ3) is 5.28. The molecular weight excluding hydrogens is 485 g/mol. The van der Waals surface area contributed by atoms with Crippen molar-refractivity contribution in [2.24, 2.45) is 5.92 Å². The Morgan fingerprint density at radius 1 is 1.19 bits per heavy atom. The number of rotatable bonds is 7. The number of anilines is 2. The van der Waals surface area contributed by atoms with Crippen molar-refractivity contribution in [3.8, 4) is 11.3 Å². The SMILES string of the molecule is CCC(C)C(=N)c1nc(-c2ccc(F)c(Cl)c2)cc(N2CCN(c3ncc([N+](=O)[O-])cc3C)CC2)n1. The zero-order valence-electron chi connectivity index (χ0n) is 20.3. The molecule has 0 amide bonds. The van der Waals surface area contributed by atoms with Crippen LogP contribution in [0.1, 0.15) is 31.7 Å². The number of halogens is 2. The lowest BCUT2D eigenvalue weighted by Gasteiger charge is -2.36. The molecule has 0 radical (unpaired) electrons. The molecule has 1 unspecified atom stereocenters. The van der Waals surface area contributed by atoms with Crippen molar-refractivity contribution >= 4 is 34.6 Å². The van der Waals surface area contributed by atoms with Gasteiger partial charge in [-0.05, 0) is 37.1 Å². The molecule has 1 N–H and O–H groups in total. The molecule has 1 aliphatic heterocycles. The van der Waals surface area contributed by atoms with Crippen LogP contribution in [0.15, 0.2) is 36.5 Å². The van der Waals surface area contributed by atoms with Crippen molar-refractivity contribution in [2.45, 2.75) is 27.2 Å². The first-order chi connectivity index (χ1) is 17.2. The minimum absolute atomic E-state index is 0.00537. The van der Waals surface area contributed by atoms with Gasteiger partial charge in [-0.2, -0.15) is 0 Å². The van der Waals surface area contributed by atoms with Gasteiger partial charge < -0.3 is 15.2 Å². The van der Waals surface area contributed by atoms with Crippen LogP contribution in [0.3, 0.4) is 0 Å².